The van der Waals surface area contributed by atoms with Gasteiger partial charge < -0.3 is 9.84 Å². The number of carbonyl (C=O) groups excluding carboxylic acids is 2. The zero-order valence-corrected chi connectivity index (χ0v) is 16.2. The lowest BCUT2D eigenvalue weighted by molar-refractivity contribution is -0.139. The number of aliphatic carboxylic acids is 1. The van der Waals surface area contributed by atoms with Crippen LogP contribution in [0.25, 0.3) is 6.08 Å². The number of amides is 2. The maximum Gasteiger partial charge on any atom is 0.416 e. The minimum Gasteiger partial charge on any atom is -0.481 e. The second-order valence-electron chi connectivity index (χ2n) is 6.51. The Morgan fingerprint density at radius 1 is 1.16 bits per heavy atom. The van der Waals surface area contributed by atoms with Crippen LogP contribution < -0.4 is 15.2 Å². The number of alkyl halides is 3. The standard InChI is InChI=1S/C21H17F3N2O5/c1-2-13-15(21(22,23)24)7-5-8-16(13)26-20(30)14(19(29)25-26)10-12-6-3-4-9-17(12)31-11-18(27)28/h3-10H,2,11H2,1H3,(H,25,29)(H,27,28). The first-order valence-corrected chi connectivity index (χ1v) is 9.13. The molecule has 1 saturated heterocycles. The number of nitrogens with zero attached hydrogens (tertiary/aromatic N) is 1. The number of nitrogens with one attached hydrogen (secondary N) is 1. The lowest BCUT2D eigenvalue weighted by Gasteiger charge is -2.21. The van der Waals surface area contributed by atoms with Crippen LogP contribution in [0.5, 0.6) is 5.75 Å². The monoisotopic (exact) mass is 434 g/mol. The molecule has 1 heterocycles. The van der Waals surface area contributed by atoms with Crippen LogP contribution in [-0.2, 0) is 27.0 Å². The largest absolute Gasteiger partial charge is 0.481 e. The summed E-state index contributed by atoms with van der Waals surface area (Å²) in [5.74, 6) is -2.73. The molecule has 162 valence electrons. The smallest absolute Gasteiger partial charge is 0.416 e. The summed E-state index contributed by atoms with van der Waals surface area (Å²) in [7, 11) is 0. The SMILES string of the molecule is CCc1c(N2NC(=O)C(=Cc3ccccc3OCC(=O)O)C2=O)cccc1C(F)(F)F. The first-order chi connectivity index (χ1) is 14.6. The number of benzene rings is 2. The van der Waals surface area contributed by atoms with Crippen LogP contribution in [0.3, 0.4) is 0 Å². The molecule has 0 atom stereocenters. The van der Waals surface area contributed by atoms with Crippen molar-refractivity contribution in [2.45, 2.75) is 19.5 Å². The maximum atomic E-state index is 13.4. The fraction of sp³-hybridized carbons (Fsp3) is 0.190. The normalized spacial score (nSPS) is 15.4. The maximum absolute atomic E-state index is 13.4. The Kier molecular flexibility index (Phi) is 6.00. The van der Waals surface area contributed by atoms with E-state index in [1.807, 2.05) is 0 Å². The Morgan fingerprint density at radius 3 is 2.52 bits per heavy atom. The van der Waals surface area contributed by atoms with Gasteiger partial charge in [0.05, 0.1) is 11.3 Å². The summed E-state index contributed by atoms with van der Waals surface area (Å²) in [6, 6.07) is 9.54. The number of hydrogen-bond acceptors (Lipinski definition) is 4. The van der Waals surface area contributed by atoms with Crippen molar-refractivity contribution in [3.05, 3.63) is 64.7 Å². The van der Waals surface area contributed by atoms with E-state index >= 15 is 0 Å². The van der Waals surface area contributed by atoms with Gasteiger partial charge in [-0.05, 0) is 36.3 Å². The van der Waals surface area contributed by atoms with Crippen LogP contribution in [0.4, 0.5) is 18.9 Å². The molecule has 0 spiro atoms. The summed E-state index contributed by atoms with van der Waals surface area (Å²) in [5.41, 5.74) is 1.13. The van der Waals surface area contributed by atoms with Crippen LogP contribution in [0.2, 0.25) is 0 Å². The average Bonchev–Trinajstić information content (AvgIpc) is 2.99. The number of ether oxygens (including phenoxy) is 1. The topological polar surface area (TPSA) is 95.9 Å². The Labute approximate surface area is 174 Å². The van der Waals surface area contributed by atoms with Gasteiger partial charge in [0.25, 0.3) is 11.8 Å². The van der Waals surface area contributed by atoms with E-state index < -0.39 is 36.1 Å². The van der Waals surface area contributed by atoms with Gasteiger partial charge in [-0.1, -0.05) is 31.2 Å². The van der Waals surface area contributed by atoms with Gasteiger partial charge in [0.15, 0.2) is 6.61 Å². The lowest BCUT2D eigenvalue weighted by atomic mass is 10.0. The van der Waals surface area contributed by atoms with Gasteiger partial charge in [-0.2, -0.15) is 13.2 Å². The number of carbonyl (C=O) groups is 3. The summed E-state index contributed by atoms with van der Waals surface area (Å²) in [6.07, 6.45) is -3.43. The zero-order valence-electron chi connectivity index (χ0n) is 16.2. The molecule has 0 unspecified atom stereocenters. The summed E-state index contributed by atoms with van der Waals surface area (Å²) < 4.78 is 45.2. The number of halogens is 3. The minimum absolute atomic E-state index is 0.0183. The van der Waals surface area contributed by atoms with Gasteiger partial charge in [0.2, 0.25) is 0 Å². The second kappa shape index (κ2) is 8.50. The number of anilines is 1. The number of carboxylic acids is 1. The Hall–Kier alpha value is -3.82. The van der Waals surface area contributed by atoms with Crippen LogP contribution in [0, 0.1) is 0 Å². The Balaban J connectivity index is 1.99. The fourth-order valence-electron chi connectivity index (χ4n) is 3.17. The quantitative estimate of drug-likeness (QED) is 0.538. The Bertz CT molecular complexity index is 1080. The zero-order chi connectivity index (χ0) is 22.8. The van der Waals surface area contributed by atoms with E-state index in [0.717, 1.165) is 17.1 Å². The molecule has 3 rings (SSSR count). The van der Waals surface area contributed by atoms with E-state index in [-0.39, 0.29) is 34.6 Å². The van der Waals surface area contributed by atoms with Crippen LogP contribution >= 0.6 is 0 Å². The molecule has 31 heavy (non-hydrogen) atoms. The summed E-state index contributed by atoms with van der Waals surface area (Å²) in [4.78, 5) is 36.1. The second-order valence-corrected chi connectivity index (χ2v) is 6.51. The molecular formula is C21H17F3N2O5. The number of carboxylic acid groups (broad SMARTS) is 1. The minimum atomic E-state index is -4.62. The summed E-state index contributed by atoms with van der Waals surface area (Å²) in [5, 5.41) is 9.56. The third-order valence-electron chi connectivity index (χ3n) is 4.51. The van der Waals surface area contributed by atoms with E-state index in [0.29, 0.717) is 0 Å². The molecule has 0 aliphatic carbocycles. The molecule has 10 heteroatoms. The summed E-state index contributed by atoms with van der Waals surface area (Å²) >= 11 is 0. The number of para-hydroxylation sites is 1. The molecule has 2 aromatic carbocycles. The van der Waals surface area contributed by atoms with Gasteiger partial charge >= 0.3 is 12.1 Å². The van der Waals surface area contributed by atoms with Crippen molar-refractivity contribution in [2.24, 2.45) is 0 Å². The molecular weight excluding hydrogens is 417 g/mol. The van der Waals surface area contributed by atoms with E-state index in [9.17, 15) is 27.6 Å². The summed E-state index contributed by atoms with van der Waals surface area (Å²) in [6.45, 7) is 0.889. The first-order valence-electron chi connectivity index (χ1n) is 9.13. The third kappa shape index (κ3) is 4.52. The molecule has 7 nitrogen and oxygen atoms in total. The van der Waals surface area contributed by atoms with Crippen molar-refractivity contribution < 1.29 is 37.4 Å². The highest BCUT2D eigenvalue weighted by molar-refractivity contribution is 6.31. The molecule has 2 N–H and O–H groups in total. The lowest BCUT2D eigenvalue weighted by Crippen LogP contribution is -2.36. The molecule has 1 aliphatic heterocycles. The van der Waals surface area contributed by atoms with Crippen molar-refractivity contribution >= 4 is 29.5 Å². The highest BCUT2D eigenvalue weighted by atomic mass is 19.4. The van der Waals surface area contributed by atoms with Crippen LogP contribution in [0.1, 0.15) is 23.6 Å². The van der Waals surface area contributed by atoms with Gasteiger partial charge in [-0.15, -0.1) is 0 Å². The van der Waals surface area contributed by atoms with Crippen molar-refractivity contribution in [3.8, 4) is 5.75 Å². The number of rotatable bonds is 6. The first kappa shape index (κ1) is 21.9. The van der Waals surface area contributed by atoms with E-state index in [1.165, 1.54) is 31.2 Å². The molecule has 0 radical (unpaired) electrons. The van der Waals surface area contributed by atoms with Gasteiger partial charge in [-0.3, -0.25) is 15.0 Å². The number of hydrogen-bond donors (Lipinski definition) is 2. The van der Waals surface area contributed by atoms with Crippen LogP contribution in [0.15, 0.2) is 48.0 Å². The van der Waals surface area contributed by atoms with Gasteiger partial charge in [0, 0.05) is 5.56 Å². The molecule has 2 amide bonds. The van der Waals surface area contributed by atoms with Crippen molar-refractivity contribution in [1.82, 2.24) is 5.43 Å². The van der Waals surface area contributed by atoms with E-state index in [4.69, 9.17) is 9.84 Å². The molecule has 0 aromatic heterocycles. The van der Waals surface area contributed by atoms with Crippen molar-refractivity contribution in [3.63, 3.8) is 0 Å². The molecule has 1 fully saturated rings. The van der Waals surface area contributed by atoms with Gasteiger partial charge in [-0.25, -0.2) is 9.80 Å². The van der Waals surface area contributed by atoms with Crippen LogP contribution in [-0.4, -0.2) is 29.5 Å². The average molecular weight is 434 g/mol. The van der Waals surface area contributed by atoms with E-state index in [1.54, 1.807) is 12.1 Å². The number of hydrazine groups is 1. The highest BCUT2D eigenvalue weighted by Crippen LogP contribution is 2.37. The molecule has 0 saturated carbocycles. The predicted octanol–water partition coefficient (Wildman–Crippen LogP) is 3.19. The molecule has 1 aliphatic rings. The fourth-order valence-corrected chi connectivity index (χ4v) is 3.17. The highest BCUT2D eigenvalue weighted by Gasteiger charge is 2.39. The predicted molar refractivity (Wildman–Crippen MR) is 104 cm³/mol. The van der Waals surface area contributed by atoms with Crippen molar-refractivity contribution in [2.75, 3.05) is 11.6 Å². The van der Waals surface area contributed by atoms with Crippen molar-refractivity contribution in [1.29, 1.82) is 0 Å². The molecule has 0 bridgehead atoms. The van der Waals surface area contributed by atoms with Gasteiger partial charge in [0.1, 0.15) is 11.3 Å². The van der Waals surface area contributed by atoms with E-state index in [2.05, 4.69) is 5.43 Å². The Morgan fingerprint density at radius 2 is 1.87 bits per heavy atom. The molecule has 2 aromatic rings. The third-order valence-corrected chi connectivity index (χ3v) is 4.51.